The Morgan fingerprint density at radius 3 is 2.36 bits per heavy atom. The van der Waals surface area contributed by atoms with Crippen LogP contribution in [0.4, 0.5) is 10.1 Å². The molecule has 3 aromatic rings. The van der Waals surface area contributed by atoms with Crippen LogP contribution in [0, 0.1) is 12.7 Å². The summed E-state index contributed by atoms with van der Waals surface area (Å²) < 4.78 is 46.7. The lowest BCUT2D eigenvalue weighted by molar-refractivity contribution is -0.129. The van der Waals surface area contributed by atoms with Gasteiger partial charge in [0.1, 0.15) is 5.82 Å². The number of hydrogen-bond donors (Lipinski definition) is 2. The summed E-state index contributed by atoms with van der Waals surface area (Å²) in [4.78, 5) is 24.7. The van der Waals surface area contributed by atoms with E-state index in [1.54, 1.807) is 6.92 Å². The van der Waals surface area contributed by atoms with E-state index in [2.05, 4.69) is 10.0 Å². The number of para-hydroxylation sites is 1. The molecule has 0 aliphatic heterocycles. The van der Waals surface area contributed by atoms with Crippen molar-refractivity contribution < 1.29 is 27.1 Å². The van der Waals surface area contributed by atoms with E-state index in [0.29, 0.717) is 5.56 Å². The van der Waals surface area contributed by atoms with Gasteiger partial charge in [0, 0.05) is 6.54 Å². The molecule has 1 atom stereocenters. The Morgan fingerprint density at radius 2 is 1.67 bits per heavy atom. The van der Waals surface area contributed by atoms with Crippen LogP contribution in [0.5, 0.6) is 0 Å². The van der Waals surface area contributed by atoms with Crippen LogP contribution >= 0.6 is 0 Å². The van der Waals surface area contributed by atoms with Crippen molar-refractivity contribution in [3.05, 3.63) is 95.3 Å². The fraction of sp³-hybridized carbons (Fsp3) is 0.167. The quantitative estimate of drug-likeness (QED) is 0.488. The van der Waals surface area contributed by atoms with Gasteiger partial charge in [0.15, 0.2) is 6.10 Å². The van der Waals surface area contributed by atoms with E-state index in [-0.39, 0.29) is 22.7 Å². The highest BCUT2D eigenvalue weighted by molar-refractivity contribution is 7.92. The topological polar surface area (TPSA) is 102 Å². The molecule has 1 amide bonds. The second kappa shape index (κ2) is 10.3. The molecule has 33 heavy (non-hydrogen) atoms. The fourth-order valence-electron chi connectivity index (χ4n) is 2.94. The standard InChI is InChI=1S/C24H23FN2O5S/c1-16-12-13-19(33(30,31)27-22-11-7-6-10-21(22)25)14-20(16)24(29)32-17(2)23(28)26-15-18-8-4-3-5-9-18/h3-14,17,27H,15H2,1-2H3,(H,26,28). The van der Waals surface area contributed by atoms with Gasteiger partial charge in [0.2, 0.25) is 0 Å². The third-order valence-corrected chi connectivity index (χ3v) is 6.18. The maximum absolute atomic E-state index is 13.9. The summed E-state index contributed by atoms with van der Waals surface area (Å²) in [6, 6.07) is 18.4. The number of ether oxygens (including phenoxy) is 1. The van der Waals surface area contributed by atoms with Crippen LogP contribution < -0.4 is 10.0 Å². The highest BCUT2D eigenvalue weighted by Gasteiger charge is 2.23. The molecule has 9 heteroatoms. The number of amides is 1. The molecule has 0 spiro atoms. The molecule has 0 bridgehead atoms. The van der Waals surface area contributed by atoms with E-state index in [9.17, 15) is 22.4 Å². The minimum Gasteiger partial charge on any atom is -0.449 e. The highest BCUT2D eigenvalue weighted by atomic mass is 32.2. The summed E-state index contributed by atoms with van der Waals surface area (Å²) in [6.45, 7) is 3.31. The third kappa shape index (κ3) is 6.17. The number of hydrogen-bond acceptors (Lipinski definition) is 5. The molecule has 172 valence electrons. The molecule has 0 aliphatic carbocycles. The van der Waals surface area contributed by atoms with Gasteiger partial charge in [-0.1, -0.05) is 48.5 Å². The molecule has 0 radical (unpaired) electrons. The summed E-state index contributed by atoms with van der Waals surface area (Å²) in [5, 5.41) is 2.68. The van der Waals surface area contributed by atoms with Crippen molar-refractivity contribution >= 4 is 27.6 Å². The molecule has 0 fully saturated rings. The number of sulfonamides is 1. The molecule has 0 saturated carbocycles. The van der Waals surface area contributed by atoms with E-state index in [0.717, 1.165) is 17.7 Å². The lowest BCUT2D eigenvalue weighted by atomic mass is 10.1. The summed E-state index contributed by atoms with van der Waals surface area (Å²) in [7, 11) is -4.17. The van der Waals surface area contributed by atoms with Crippen LogP contribution in [-0.4, -0.2) is 26.4 Å². The van der Waals surface area contributed by atoms with Crippen molar-refractivity contribution in [2.45, 2.75) is 31.4 Å². The lowest BCUT2D eigenvalue weighted by Gasteiger charge is -2.15. The zero-order chi connectivity index (χ0) is 24.0. The summed E-state index contributed by atoms with van der Waals surface area (Å²) in [6.07, 6.45) is -1.10. The van der Waals surface area contributed by atoms with Gasteiger partial charge < -0.3 is 10.1 Å². The molecule has 0 heterocycles. The van der Waals surface area contributed by atoms with E-state index >= 15 is 0 Å². The number of esters is 1. The van der Waals surface area contributed by atoms with Crippen LogP contribution in [0.25, 0.3) is 0 Å². The minimum absolute atomic E-state index is 0.0193. The number of anilines is 1. The number of aryl methyl sites for hydroxylation is 1. The predicted octanol–water partition coefficient (Wildman–Crippen LogP) is 3.80. The fourth-order valence-corrected chi connectivity index (χ4v) is 4.04. The molecule has 0 aliphatic rings. The number of benzene rings is 3. The normalized spacial score (nSPS) is 12.0. The molecule has 0 saturated heterocycles. The second-order valence-corrected chi connectivity index (χ2v) is 9.00. The first kappa shape index (κ1) is 23.9. The van der Waals surface area contributed by atoms with Gasteiger partial charge in [-0.05, 0) is 49.2 Å². The smallest absolute Gasteiger partial charge is 0.339 e. The first-order chi connectivity index (χ1) is 15.7. The largest absolute Gasteiger partial charge is 0.449 e. The van der Waals surface area contributed by atoms with Gasteiger partial charge in [0.25, 0.3) is 15.9 Å². The van der Waals surface area contributed by atoms with E-state index in [1.165, 1.54) is 37.3 Å². The van der Waals surface area contributed by atoms with Crippen LogP contribution in [-0.2, 0) is 26.1 Å². The van der Waals surface area contributed by atoms with Crippen molar-refractivity contribution in [1.82, 2.24) is 5.32 Å². The predicted molar refractivity (Wildman–Crippen MR) is 122 cm³/mol. The lowest BCUT2D eigenvalue weighted by Crippen LogP contribution is -2.35. The van der Waals surface area contributed by atoms with Gasteiger partial charge in [-0.15, -0.1) is 0 Å². The van der Waals surface area contributed by atoms with Gasteiger partial charge >= 0.3 is 5.97 Å². The van der Waals surface area contributed by atoms with Crippen LogP contribution in [0.1, 0.15) is 28.4 Å². The monoisotopic (exact) mass is 470 g/mol. The second-order valence-electron chi connectivity index (χ2n) is 7.31. The van der Waals surface area contributed by atoms with E-state index < -0.39 is 33.8 Å². The van der Waals surface area contributed by atoms with Gasteiger partial charge in [-0.3, -0.25) is 9.52 Å². The Hall–Kier alpha value is -3.72. The van der Waals surface area contributed by atoms with Crippen LogP contribution in [0.2, 0.25) is 0 Å². The maximum atomic E-state index is 13.9. The van der Waals surface area contributed by atoms with Crippen molar-refractivity contribution in [3.63, 3.8) is 0 Å². The van der Waals surface area contributed by atoms with Crippen molar-refractivity contribution in [1.29, 1.82) is 0 Å². The molecular weight excluding hydrogens is 447 g/mol. The van der Waals surface area contributed by atoms with Gasteiger partial charge in [-0.25, -0.2) is 17.6 Å². The zero-order valence-electron chi connectivity index (χ0n) is 18.0. The Kier molecular flexibility index (Phi) is 7.44. The first-order valence-electron chi connectivity index (χ1n) is 10.1. The van der Waals surface area contributed by atoms with E-state index in [4.69, 9.17) is 4.74 Å². The SMILES string of the molecule is Cc1ccc(S(=O)(=O)Nc2ccccc2F)cc1C(=O)OC(C)C(=O)NCc1ccccc1. The number of nitrogens with one attached hydrogen (secondary N) is 2. The highest BCUT2D eigenvalue weighted by Crippen LogP contribution is 2.22. The van der Waals surface area contributed by atoms with Crippen molar-refractivity contribution in [2.75, 3.05) is 4.72 Å². The Morgan fingerprint density at radius 1 is 1.00 bits per heavy atom. The van der Waals surface area contributed by atoms with Crippen LogP contribution in [0.3, 0.4) is 0 Å². The molecule has 3 aromatic carbocycles. The molecule has 1 unspecified atom stereocenters. The summed E-state index contributed by atoms with van der Waals surface area (Å²) in [5.74, 6) is -2.07. The Balaban J connectivity index is 1.71. The maximum Gasteiger partial charge on any atom is 0.339 e. The Labute approximate surface area is 191 Å². The molecule has 2 N–H and O–H groups in total. The summed E-state index contributed by atoms with van der Waals surface area (Å²) in [5.41, 5.74) is 1.11. The van der Waals surface area contributed by atoms with E-state index in [1.807, 2.05) is 30.3 Å². The number of carbonyl (C=O) groups excluding carboxylic acids is 2. The average molecular weight is 471 g/mol. The molecule has 3 rings (SSSR count). The number of carbonyl (C=O) groups is 2. The minimum atomic E-state index is -4.17. The van der Waals surface area contributed by atoms with Crippen LogP contribution in [0.15, 0.2) is 77.7 Å². The Bertz CT molecular complexity index is 1260. The van der Waals surface area contributed by atoms with Gasteiger partial charge in [-0.2, -0.15) is 0 Å². The number of halogens is 1. The average Bonchev–Trinajstić information content (AvgIpc) is 2.79. The zero-order valence-corrected chi connectivity index (χ0v) is 18.9. The third-order valence-electron chi connectivity index (χ3n) is 4.82. The van der Waals surface area contributed by atoms with Gasteiger partial charge in [0.05, 0.1) is 16.1 Å². The van der Waals surface area contributed by atoms with Crippen molar-refractivity contribution in [3.8, 4) is 0 Å². The molecular formula is C24H23FN2O5S. The molecule has 7 nitrogen and oxygen atoms in total. The summed E-state index contributed by atoms with van der Waals surface area (Å²) >= 11 is 0. The van der Waals surface area contributed by atoms with Crippen molar-refractivity contribution in [2.24, 2.45) is 0 Å². The first-order valence-corrected chi connectivity index (χ1v) is 11.6. The number of rotatable bonds is 8. The molecule has 0 aromatic heterocycles.